The lowest BCUT2D eigenvalue weighted by atomic mass is 10.2. The Balaban J connectivity index is 3.36. The van der Waals surface area contributed by atoms with Crippen LogP contribution in [0.15, 0.2) is 12.1 Å². The first kappa shape index (κ1) is 8.37. The third-order valence-corrected chi connectivity index (χ3v) is 1.75. The first-order valence-corrected chi connectivity index (χ1v) is 3.59. The molecule has 0 aliphatic rings. The molecule has 2 N–H and O–H groups in total. The van der Waals surface area contributed by atoms with E-state index in [0.717, 1.165) is 6.21 Å². The van der Waals surface area contributed by atoms with Crippen molar-refractivity contribution >= 4 is 29.4 Å². The van der Waals surface area contributed by atoms with Crippen LogP contribution in [0.4, 0.5) is 0 Å². The first-order chi connectivity index (χ1) is 5.15. The van der Waals surface area contributed by atoms with Crippen LogP contribution in [0.1, 0.15) is 5.56 Å². The zero-order valence-corrected chi connectivity index (χ0v) is 6.95. The summed E-state index contributed by atoms with van der Waals surface area (Å²) < 4.78 is 0. The van der Waals surface area contributed by atoms with Crippen molar-refractivity contribution in [3.63, 3.8) is 0 Å². The second-order valence-electron chi connectivity index (χ2n) is 1.96. The summed E-state index contributed by atoms with van der Waals surface area (Å²) in [5.74, 6) is -0.0718. The molecule has 0 heterocycles. The molecule has 0 atom stereocenters. The summed E-state index contributed by atoms with van der Waals surface area (Å²) in [6.45, 7) is 0. The van der Waals surface area contributed by atoms with E-state index in [1.807, 2.05) is 0 Å². The minimum absolute atomic E-state index is 0.0718. The Labute approximate surface area is 73.9 Å². The van der Waals surface area contributed by atoms with Crippen molar-refractivity contribution in [1.29, 1.82) is 5.41 Å². The van der Waals surface area contributed by atoms with Gasteiger partial charge in [0.2, 0.25) is 0 Å². The van der Waals surface area contributed by atoms with Gasteiger partial charge >= 0.3 is 0 Å². The highest BCUT2D eigenvalue weighted by Crippen LogP contribution is 2.28. The Morgan fingerprint density at radius 1 is 1.36 bits per heavy atom. The van der Waals surface area contributed by atoms with Gasteiger partial charge in [0.05, 0.1) is 10.6 Å². The standard InChI is InChI=1S/C7H5Cl2NO/c8-4-1-6(9)5(3-10)7(11)2-4/h1-3,10-11H. The van der Waals surface area contributed by atoms with Crippen LogP contribution in [0.2, 0.25) is 10.0 Å². The van der Waals surface area contributed by atoms with Gasteiger partial charge in [-0.25, -0.2) is 0 Å². The fraction of sp³-hybridized carbons (Fsp3) is 0. The van der Waals surface area contributed by atoms with E-state index >= 15 is 0 Å². The average molecular weight is 190 g/mol. The monoisotopic (exact) mass is 189 g/mol. The molecule has 0 aliphatic heterocycles. The molecule has 2 nitrogen and oxygen atoms in total. The molecule has 0 saturated heterocycles. The van der Waals surface area contributed by atoms with Gasteiger partial charge in [0.25, 0.3) is 0 Å². The minimum Gasteiger partial charge on any atom is -0.507 e. The number of phenols is 1. The van der Waals surface area contributed by atoms with Gasteiger partial charge in [-0.1, -0.05) is 23.2 Å². The van der Waals surface area contributed by atoms with E-state index in [-0.39, 0.29) is 16.3 Å². The molecule has 58 valence electrons. The first-order valence-electron chi connectivity index (χ1n) is 2.83. The van der Waals surface area contributed by atoms with Gasteiger partial charge in [-0.2, -0.15) is 0 Å². The molecule has 0 aromatic heterocycles. The highest BCUT2D eigenvalue weighted by atomic mass is 35.5. The van der Waals surface area contributed by atoms with Crippen molar-refractivity contribution in [1.82, 2.24) is 0 Å². The van der Waals surface area contributed by atoms with Crippen LogP contribution in [0.3, 0.4) is 0 Å². The summed E-state index contributed by atoms with van der Waals surface area (Å²) in [4.78, 5) is 0. The lowest BCUT2D eigenvalue weighted by Crippen LogP contribution is -1.82. The molecular weight excluding hydrogens is 185 g/mol. The number of rotatable bonds is 1. The van der Waals surface area contributed by atoms with E-state index in [9.17, 15) is 0 Å². The Kier molecular flexibility index (Phi) is 2.37. The number of halogens is 2. The Morgan fingerprint density at radius 3 is 2.45 bits per heavy atom. The predicted octanol–water partition coefficient (Wildman–Crippen LogP) is 2.70. The maximum Gasteiger partial charge on any atom is 0.127 e. The number of nitrogens with one attached hydrogen (secondary N) is 1. The third-order valence-electron chi connectivity index (χ3n) is 1.22. The topological polar surface area (TPSA) is 44.1 Å². The van der Waals surface area contributed by atoms with Crippen molar-refractivity contribution in [2.75, 3.05) is 0 Å². The number of aromatic hydroxyl groups is 1. The Morgan fingerprint density at radius 2 is 2.00 bits per heavy atom. The van der Waals surface area contributed by atoms with Crippen molar-refractivity contribution in [2.45, 2.75) is 0 Å². The molecular formula is C7H5Cl2NO. The van der Waals surface area contributed by atoms with Crippen LogP contribution in [0.5, 0.6) is 5.75 Å². The normalized spacial score (nSPS) is 9.64. The van der Waals surface area contributed by atoms with E-state index in [2.05, 4.69) is 0 Å². The van der Waals surface area contributed by atoms with Crippen LogP contribution >= 0.6 is 23.2 Å². The third kappa shape index (κ3) is 1.64. The van der Waals surface area contributed by atoms with Crippen molar-refractivity contribution in [3.8, 4) is 5.75 Å². The Hall–Kier alpha value is -0.730. The number of phenolic OH excluding ortho intramolecular Hbond substituents is 1. The number of hydrogen-bond donors (Lipinski definition) is 2. The largest absolute Gasteiger partial charge is 0.507 e. The molecule has 0 unspecified atom stereocenters. The molecule has 0 saturated carbocycles. The summed E-state index contributed by atoms with van der Waals surface area (Å²) in [6.07, 6.45) is 0.980. The SMILES string of the molecule is N=Cc1c(O)cc(Cl)cc1Cl. The van der Waals surface area contributed by atoms with Crippen LogP contribution in [-0.2, 0) is 0 Å². The molecule has 0 bridgehead atoms. The van der Waals surface area contributed by atoms with Crippen molar-refractivity contribution in [2.24, 2.45) is 0 Å². The molecule has 0 aliphatic carbocycles. The van der Waals surface area contributed by atoms with Crippen LogP contribution in [0.25, 0.3) is 0 Å². The molecule has 11 heavy (non-hydrogen) atoms. The van der Waals surface area contributed by atoms with Crippen LogP contribution in [-0.4, -0.2) is 11.3 Å². The molecule has 1 aromatic carbocycles. The van der Waals surface area contributed by atoms with Gasteiger partial charge in [0, 0.05) is 11.2 Å². The minimum atomic E-state index is -0.0718. The summed E-state index contributed by atoms with van der Waals surface area (Å²) in [7, 11) is 0. The average Bonchev–Trinajstić information content (AvgIpc) is 1.85. The molecule has 1 aromatic rings. The molecule has 0 spiro atoms. The summed E-state index contributed by atoms with van der Waals surface area (Å²) >= 11 is 11.2. The lowest BCUT2D eigenvalue weighted by molar-refractivity contribution is 0.474. The lowest BCUT2D eigenvalue weighted by Gasteiger charge is -2.00. The zero-order chi connectivity index (χ0) is 8.43. The second-order valence-corrected chi connectivity index (χ2v) is 2.81. The van der Waals surface area contributed by atoms with Gasteiger partial charge in [-0.3, -0.25) is 0 Å². The van der Waals surface area contributed by atoms with Gasteiger partial charge < -0.3 is 10.5 Å². The quantitative estimate of drug-likeness (QED) is 0.657. The smallest absolute Gasteiger partial charge is 0.127 e. The molecule has 0 radical (unpaired) electrons. The van der Waals surface area contributed by atoms with Gasteiger partial charge in [-0.15, -0.1) is 0 Å². The highest BCUT2D eigenvalue weighted by Gasteiger charge is 2.04. The second kappa shape index (κ2) is 3.11. The highest BCUT2D eigenvalue weighted by molar-refractivity contribution is 6.36. The molecule has 1 rings (SSSR count). The summed E-state index contributed by atoms with van der Waals surface area (Å²) in [6, 6.07) is 2.82. The molecule has 0 amide bonds. The van der Waals surface area contributed by atoms with Gasteiger partial charge in [0.1, 0.15) is 5.75 Å². The van der Waals surface area contributed by atoms with E-state index in [1.165, 1.54) is 12.1 Å². The Bertz CT molecular complexity index is 275. The predicted molar refractivity (Wildman–Crippen MR) is 46.0 cm³/mol. The summed E-state index contributed by atoms with van der Waals surface area (Å²) in [5.41, 5.74) is 0.288. The van der Waals surface area contributed by atoms with E-state index in [1.54, 1.807) is 0 Å². The van der Waals surface area contributed by atoms with Crippen LogP contribution < -0.4 is 0 Å². The number of benzene rings is 1. The van der Waals surface area contributed by atoms with E-state index < -0.39 is 0 Å². The fourth-order valence-corrected chi connectivity index (χ4v) is 1.25. The van der Waals surface area contributed by atoms with E-state index in [4.69, 9.17) is 33.7 Å². The van der Waals surface area contributed by atoms with Crippen molar-refractivity contribution < 1.29 is 5.11 Å². The summed E-state index contributed by atoms with van der Waals surface area (Å²) in [5, 5.41) is 16.7. The molecule has 0 fully saturated rings. The van der Waals surface area contributed by atoms with E-state index in [0.29, 0.717) is 5.02 Å². The van der Waals surface area contributed by atoms with Gasteiger partial charge in [0.15, 0.2) is 0 Å². The molecule has 4 heteroatoms. The maximum atomic E-state index is 9.15. The van der Waals surface area contributed by atoms with Crippen molar-refractivity contribution in [3.05, 3.63) is 27.7 Å². The zero-order valence-electron chi connectivity index (χ0n) is 5.44. The van der Waals surface area contributed by atoms with Crippen LogP contribution in [0, 0.1) is 5.41 Å². The number of hydrogen-bond acceptors (Lipinski definition) is 2. The maximum absolute atomic E-state index is 9.15. The fourth-order valence-electron chi connectivity index (χ4n) is 0.714. The van der Waals surface area contributed by atoms with Gasteiger partial charge in [-0.05, 0) is 12.1 Å².